The summed E-state index contributed by atoms with van der Waals surface area (Å²) >= 11 is 7.50. The van der Waals surface area contributed by atoms with Crippen LogP contribution in [-0.4, -0.2) is 43.3 Å². The minimum atomic E-state index is -3.73. The molecule has 1 aliphatic heterocycles. The summed E-state index contributed by atoms with van der Waals surface area (Å²) in [5, 5.41) is 5.31. The highest BCUT2D eigenvalue weighted by Crippen LogP contribution is 2.24. The van der Waals surface area contributed by atoms with Crippen molar-refractivity contribution in [2.24, 2.45) is 5.92 Å². The van der Waals surface area contributed by atoms with E-state index in [9.17, 15) is 13.2 Å². The molecule has 0 aliphatic carbocycles. The van der Waals surface area contributed by atoms with Crippen LogP contribution in [0.25, 0.3) is 0 Å². The van der Waals surface area contributed by atoms with Gasteiger partial charge in [0.2, 0.25) is 10.0 Å². The predicted octanol–water partition coefficient (Wildman–Crippen LogP) is 3.97. The number of nitrogens with zero attached hydrogens (tertiary/aromatic N) is 2. The maximum Gasteiger partial charge on any atom is 0.259 e. The molecule has 0 bridgehead atoms. The number of nitrogens with one attached hydrogen (secondary N) is 2. The van der Waals surface area contributed by atoms with Crippen LogP contribution in [0.4, 0.5) is 5.13 Å². The predicted molar refractivity (Wildman–Crippen MR) is 121 cm³/mol. The molecule has 1 saturated heterocycles. The summed E-state index contributed by atoms with van der Waals surface area (Å²) in [5.74, 6) is 0.196. The Bertz CT molecular complexity index is 1010. The van der Waals surface area contributed by atoms with E-state index < -0.39 is 15.9 Å². The van der Waals surface area contributed by atoms with Crippen LogP contribution < -0.4 is 10.0 Å². The van der Waals surface area contributed by atoms with Gasteiger partial charge in [-0.25, -0.2) is 18.1 Å². The molecule has 7 nitrogen and oxygen atoms in total. The molecule has 30 heavy (non-hydrogen) atoms. The number of carbonyl (C=O) groups is 1. The van der Waals surface area contributed by atoms with Crippen LogP contribution in [0.1, 0.15) is 49.7 Å². The van der Waals surface area contributed by atoms with Crippen LogP contribution in [0.5, 0.6) is 0 Å². The van der Waals surface area contributed by atoms with Gasteiger partial charge in [0.25, 0.3) is 5.91 Å². The molecule has 1 aromatic carbocycles. The Labute approximate surface area is 186 Å². The normalized spacial score (nSPS) is 18.0. The summed E-state index contributed by atoms with van der Waals surface area (Å²) in [6, 6.07) is 3.81. The van der Waals surface area contributed by atoms with Crippen LogP contribution >= 0.6 is 22.9 Å². The molecule has 164 valence electrons. The zero-order valence-electron chi connectivity index (χ0n) is 17.3. The first kappa shape index (κ1) is 23.1. The molecule has 1 aliphatic rings. The lowest BCUT2D eigenvalue weighted by atomic mass is 10.0. The van der Waals surface area contributed by atoms with Crippen LogP contribution in [0.3, 0.4) is 0 Å². The molecule has 1 unspecified atom stereocenters. The number of rotatable bonds is 7. The molecule has 2 heterocycles. The van der Waals surface area contributed by atoms with Gasteiger partial charge in [-0.15, -0.1) is 11.3 Å². The average molecular weight is 471 g/mol. The first-order valence-electron chi connectivity index (χ1n) is 9.94. The fourth-order valence-electron chi connectivity index (χ4n) is 3.48. The van der Waals surface area contributed by atoms with E-state index in [1.165, 1.54) is 42.4 Å². The van der Waals surface area contributed by atoms with Crippen molar-refractivity contribution < 1.29 is 13.2 Å². The maximum absolute atomic E-state index is 12.7. The molecule has 2 aromatic rings. The number of halogens is 1. The molecule has 2 N–H and O–H groups in total. The zero-order chi connectivity index (χ0) is 21.9. The van der Waals surface area contributed by atoms with E-state index in [2.05, 4.69) is 26.8 Å². The number of sulfonamides is 1. The Balaban J connectivity index is 1.70. The van der Waals surface area contributed by atoms with E-state index in [1.807, 2.05) is 5.38 Å². The molecule has 0 saturated carbocycles. The lowest BCUT2D eigenvalue weighted by molar-refractivity contribution is 0.102. The Morgan fingerprint density at radius 1 is 1.40 bits per heavy atom. The summed E-state index contributed by atoms with van der Waals surface area (Å²) in [6.07, 6.45) is 2.45. The third kappa shape index (κ3) is 6.01. The van der Waals surface area contributed by atoms with E-state index in [1.54, 1.807) is 13.8 Å². The minimum absolute atomic E-state index is 0.00945. The Morgan fingerprint density at radius 3 is 2.87 bits per heavy atom. The van der Waals surface area contributed by atoms with Crippen molar-refractivity contribution in [3.63, 3.8) is 0 Å². The topological polar surface area (TPSA) is 91.4 Å². The van der Waals surface area contributed by atoms with Gasteiger partial charge in [-0.2, -0.15) is 0 Å². The van der Waals surface area contributed by atoms with Crippen LogP contribution in [0, 0.1) is 5.92 Å². The van der Waals surface area contributed by atoms with E-state index in [0.717, 1.165) is 25.3 Å². The second-order valence-electron chi connectivity index (χ2n) is 8.00. The zero-order valence-corrected chi connectivity index (χ0v) is 19.7. The first-order valence-corrected chi connectivity index (χ1v) is 12.7. The van der Waals surface area contributed by atoms with Crippen molar-refractivity contribution in [3.8, 4) is 0 Å². The lowest BCUT2D eigenvalue weighted by Crippen LogP contribution is -2.33. The van der Waals surface area contributed by atoms with E-state index in [4.69, 9.17) is 11.6 Å². The van der Waals surface area contributed by atoms with E-state index in [0.29, 0.717) is 11.0 Å². The van der Waals surface area contributed by atoms with Crippen molar-refractivity contribution in [1.82, 2.24) is 14.6 Å². The average Bonchev–Trinajstić information content (AvgIpc) is 3.07. The lowest BCUT2D eigenvalue weighted by Gasteiger charge is -2.30. The number of hydrogen-bond acceptors (Lipinski definition) is 6. The SMILES string of the molecule is CC1CCCN(Cc2csc(NC(=O)c3cc(S(=O)(=O)NC(C)C)ccc3Cl)n2)C1. The van der Waals surface area contributed by atoms with Gasteiger partial charge in [0.1, 0.15) is 0 Å². The van der Waals surface area contributed by atoms with Gasteiger partial charge >= 0.3 is 0 Å². The second kappa shape index (κ2) is 9.74. The summed E-state index contributed by atoms with van der Waals surface area (Å²) < 4.78 is 27.3. The van der Waals surface area contributed by atoms with Gasteiger partial charge in [-0.05, 0) is 57.4 Å². The largest absolute Gasteiger partial charge is 0.298 e. The second-order valence-corrected chi connectivity index (χ2v) is 11.0. The van der Waals surface area contributed by atoms with Gasteiger partial charge in [0, 0.05) is 24.5 Å². The van der Waals surface area contributed by atoms with Crippen molar-refractivity contribution in [2.45, 2.75) is 51.1 Å². The molecule has 1 aromatic heterocycles. The van der Waals surface area contributed by atoms with Crippen molar-refractivity contribution >= 4 is 44.0 Å². The van der Waals surface area contributed by atoms with Gasteiger partial charge in [0.15, 0.2) is 5.13 Å². The van der Waals surface area contributed by atoms with Crippen molar-refractivity contribution in [2.75, 3.05) is 18.4 Å². The maximum atomic E-state index is 12.7. The highest BCUT2D eigenvalue weighted by Gasteiger charge is 2.21. The molecular formula is C20H27ClN4O3S2. The standard InChI is InChI=1S/C20H27ClN4O3S2/c1-13(2)24-30(27,28)16-6-7-18(21)17(9-16)19(26)23-20-22-15(12-29-20)11-25-8-4-5-14(3)10-25/h6-7,9,12-14,24H,4-5,8,10-11H2,1-3H3,(H,22,23,26). The van der Waals surface area contributed by atoms with Crippen molar-refractivity contribution in [3.05, 3.63) is 39.9 Å². The monoisotopic (exact) mass is 470 g/mol. The molecule has 1 fully saturated rings. The Morgan fingerprint density at radius 2 is 2.17 bits per heavy atom. The summed E-state index contributed by atoms with van der Waals surface area (Å²) in [7, 11) is -3.73. The molecule has 0 spiro atoms. The smallest absolute Gasteiger partial charge is 0.259 e. The number of benzene rings is 1. The number of aromatic nitrogens is 1. The van der Waals surface area contributed by atoms with Gasteiger partial charge in [-0.1, -0.05) is 18.5 Å². The summed E-state index contributed by atoms with van der Waals surface area (Å²) in [4.78, 5) is 19.6. The molecular weight excluding hydrogens is 444 g/mol. The van der Waals surface area contributed by atoms with Gasteiger partial charge < -0.3 is 0 Å². The molecule has 0 radical (unpaired) electrons. The number of amides is 1. The third-order valence-corrected chi connectivity index (χ3v) is 7.57. The fraction of sp³-hybridized carbons (Fsp3) is 0.500. The van der Waals surface area contributed by atoms with Gasteiger partial charge in [0.05, 0.1) is 21.2 Å². The Kier molecular flexibility index (Phi) is 7.52. The minimum Gasteiger partial charge on any atom is -0.298 e. The number of carbonyl (C=O) groups excluding carboxylic acids is 1. The molecule has 3 rings (SSSR count). The first-order chi connectivity index (χ1) is 14.1. The number of likely N-dealkylation sites (tertiary alicyclic amines) is 1. The Hall–Kier alpha value is -1.52. The molecule has 10 heteroatoms. The van der Waals surface area contributed by atoms with E-state index >= 15 is 0 Å². The van der Waals surface area contributed by atoms with E-state index in [-0.39, 0.29) is 21.5 Å². The van der Waals surface area contributed by atoms with Crippen LogP contribution in [-0.2, 0) is 16.6 Å². The van der Waals surface area contributed by atoms with Crippen LogP contribution in [0.2, 0.25) is 5.02 Å². The number of anilines is 1. The quantitative estimate of drug-likeness (QED) is 0.638. The summed E-state index contributed by atoms with van der Waals surface area (Å²) in [6.45, 7) is 8.59. The highest BCUT2D eigenvalue weighted by atomic mass is 35.5. The number of piperidine rings is 1. The molecule has 1 atom stereocenters. The number of thiazole rings is 1. The van der Waals surface area contributed by atoms with Crippen molar-refractivity contribution in [1.29, 1.82) is 0 Å². The third-order valence-electron chi connectivity index (χ3n) is 4.78. The number of hydrogen-bond donors (Lipinski definition) is 2. The fourth-order valence-corrected chi connectivity index (χ4v) is 5.66. The molecule has 1 amide bonds. The summed E-state index contributed by atoms with van der Waals surface area (Å²) in [5.41, 5.74) is 0.998. The highest BCUT2D eigenvalue weighted by molar-refractivity contribution is 7.89. The van der Waals surface area contributed by atoms with Crippen LogP contribution in [0.15, 0.2) is 28.5 Å². The van der Waals surface area contributed by atoms with Gasteiger partial charge in [-0.3, -0.25) is 15.0 Å².